The average Bonchev–Trinajstić information content (AvgIpc) is 3.53. The van der Waals surface area contributed by atoms with Crippen LogP contribution in [-0.2, 0) is 31.9 Å². The summed E-state index contributed by atoms with van der Waals surface area (Å²) in [5.41, 5.74) is -0.722. The number of ether oxygens (including phenoxy) is 5. The first-order valence-corrected chi connectivity index (χ1v) is 14.4. The van der Waals surface area contributed by atoms with Crippen LogP contribution in [-0.4, -0.2) is 95.5 Å². The van der Waals surface area contributed by atoms with E-state index in [9.17, 15) is 14.4 Å². The molecule has 2 N–H and O–H groups in total. The first-order chi connectivity index (χ1) is 20.2. The molecule has 0 spiro atoms. The smallest absolute Gasteiger partial charge is 0.497 e. The highest BCUT2D eigenvalue weighted by molar-refractivity contribution is 5.71. The van der Waals surface area contributed by atoms with E-state index in [0.29, 0.717) is 31.8 Å². The van der Waals surface area contributed by atoms with Crippen molar-refractivity contribution in [2.45, 2.75) is 84.0 Å². The number of rotatable bonds is 11. The Balaban J connectivity index is 1.75. The SMILES string of the molecule is COc1ccc(C[C@@H]2[C@H](OC(=O)NCCNCCn3ccnc3)[C@@H](OC(=O)OC(C)(C)C)CN2C(=O)OC(C)(C)C)cc1. The van der Waals surface area contributed by atoms with Crippen molar-refractivity contribution in [1.29, 1.82) is 0 Å². The molecule has 238 valence electrons. The van der Waals surface area contributed by atoms with Crippen molar-refractivity contribution < 1.29 is 38.1 Å². The van der Waals surface area contributed by atoms with Crippen LogP contribution in [0.15, 0.2) is 43.0 Å². The van der Waals surface area contributed by atoms with Gasteiger partial charge in [0.25, 0.3) is 0 Å². The second kappa shape index (κ2) is 14.9. The molecule has 0 unspecified atom stereocenters. The molecule has 2 amide bonds. The summed E-state index contributed by atoms with van der Waals surface area (Å²) in [7, 11) is 1.58. The van der Waals surface area contributed by atoms with Gasteiger partial charge in [-0.15, -0.1) is 0 Å². The number of hydrogen-bond acceptors (Lipinski definition) is 10. The molecular weight excluding hydrogens is 558 g/mol. The van der Waals surface area contributed by atoms with Crippen LogP contribution in [0.5, 0.6) is 5.75 Å². The fourth-order valence-electron chi connectivity index (χ4n) is 4.45. The highest BCUT2D eigenvalue weighted by Crippen LogP contribution is 2.30. The number of imidazole rings is 1. The van der Waals surface area contributed by atoms with Gasteiger partial charge in [-0.2, -0.15) is 0 Å². The van der Waals surface area contributed by atoms with E-state index in [1.165, 1.54) is 4.90 Å². The molecule has 2 aromatic rings. The predicted molar refractivity (Wildman–Crippen MR) is 158 cm³/mol. The Kier molecular flexibility index (Phi) is 11.6. The Labute approximate surface area is 253 Å². The van der Waals surface area contributed by atoms with Gasteiger partial charge in [0.05, 0.1) is 26.0 Å². The maximum Gasteiger partial charge on any atom is 0.509 e. The van der Waals surface area contributed by atoms with Gasteiger partial charge in [-0.3, -0.25) is 4.90 Å². The number of amides is 2. The van der Waals surface area contributed by atoms with Gasteiger partial charge in [0.1, 0.15) is 17.0 Å². The van der Waals surface area contributed by atoms with Gasteiger partial charge in [0.2, 0.25) is 0 Å². The van der Waals surface area contributed by atoms with Crippen molar-refractivity contribution in [1.82, 2.24) is 25.1 Å². The molecule has 0 aliphatic carbocycles. The van der Waals surface area contributed by atoms with E-state index in [-0.39, 0.29) is 6.54 Å². The summed E-state index contributed by atoms with van der Waals surface area (Å²) in [6.07, 6.45) is 1.37. The molecule has 0 radical (unpaired) electrons. The normalized spacial score (nSPS) is 18.6. The summed E-state index contributed by atoms with van der Waals surface area (Å²) in [6.45, 7) is 12.6. The molecule has 13 nitrogen and oxygen atoms in total. The molecule has 0 bridgehead atoms. The van der Waals surface area contributed by atoms with Crippen molar-refractivity contribution in [2.24, 2.45) is 0 Å². The van der Waals surface area contributed by atoms with E-state index in [0.717, 1.165) is 12.1 Å². The lowest BCUT2D eigenvalue weighted by Gasteiger charge is -2.30. The van der Waals surface area contributed by atoms with Gasteiger partial charge in [0, 0.05) is 38.6 Å². The highest BCUT2D eigenvalue weighted by atomic mass is 16.7. The number of likely N-dealkylation sites (tertiary alicyclic amines) is 1. The van der Waals surface area contributed by atoms with Crippen LogP contribution in [0, 0.1) is 0 Å². The van der Waals surface area contributed by atoms with Crippen LogP contribution >= 0.6 is 0 Å². The number of methoxy groups -OCH3 is 1. The van der Waals surface area contributed by atoms with Crippen LogP contribution in [0.1, 0.15) is 47.1 Å². The molecule has 1 aliphatic heterocycles. The lowest BCUT2D eigenvalue weighted by molar-refractivity contribution is -0.0517. The second-order valence-corrected chi connectivity index (χ2v) is 12.2. The first-order valence-electron chi connectivity index (χ1n) is 14.4. The zero-order valence-electron chi connectivity index (χ0n) is 26.1. The van der Waals surface area contributed by atoms with Crippen LogP contribution < -0.4 is 15.4 Å². The van der Waals surface area contributed by atoms with Gasteiger partial charge in [-0.05, 0) is 65.7 Å². The summed E-state index contributed by atoms with van der Waals surface area (Å²) < 4.78 is 29.8. The van der Waals surface area contributed by atoms with E-state index in [2.05, 4.69) is 15.6 Å². The molecule has 3 atom stereocenters. The number of nitrogens with zero attached hydrogens (tertiary/aromatic N) is 3. The molecule has 3 rings (SSSR count). The fourth-order valence-corrected chi connectivity index (χ4v) is 4.45. The quantitative estimate of drug-likeness (QED) is 0.221. The number of hydrogen-bond donors (Lipinski definition) is 2. The lowest BCUT2D eigenvalue weighted by Crippen LogP contribution is -2.46. The van der Waals surface area contributed by atoms with Crippen LogP contribution in [0.4, 0.5) is 14.4 Å². The highest BCUT2D eigenvalue weighted by Gasteiger charge is 2.50. The molecule has 43 heavy (non-hydrogen) atoms. The van der Waals surface area contributed by atoms with Crippen molar-refractivity contribution in [3.63, 3.8) is 0 Å². The summed E-state index contributed by atoms with van der Waals surface area (Å²) in [6, 6.07) is 6.63. The average molecular weight is 604 g/mol. The number of benzene rings is 1. The molecule has 2 heterocycles. The third-order valence-electron chi connectivity index (χ3n) is 6.31. The molecule has 1 aliphatic rings. The lowest BCUT2D eigenvalue weighted by atomic mass is 10.0. The minimum Gasteiger partial charge on any atom is -0.497 e. The van der Waals surface area contributed by atoms with Gasteiger partial charge >= 0.3 is 18.3 Å². The van der Waals surface area contributed by atoms with Crippen molar-refractivity contribution in [3.05, 3.63) is 48.5 Å². The summed E-state index contributed by atoms with van der Waals surface area (Å²) in [4.78, 5) is 44.5. The molecule has 13 heteroatoms. The van der Waals surface area contributed by atoms with E-state index >= 15 is 0 Å². The summed E-state index contributed by atoms with van der Waals surface area (Å²) in [5, 5.41) is 5.97. The topological polar surface area (TPSA) is 142 Å². The number of carbonyl (C=O) groups is 3. The second-order valence-electron chi connectivity index (χ2n) is 12.2. The predicted octanol–water partition coefficient (Wildman–Crippen LogP) is 3.76. The Morgan fingerprint density at radius 1 is 0.953 bits per heavy atom. The van der Waals surface area contributed by atoms with Crippen molar-refractivity contribution >= 4 is 18.3 Å². The summed E-state index contributed by atoms with van der Waals surface area (Å²) in [5.74, 6) is 0.677. The van der Waals surface area contributed by atoms with Gasteiger partial charge in [-0.25, -0.2) is 19.4 Å². The maximum absolute atomic E-state index is 13.4. The summed E-state index contributed by atoms with van der Waals surface area (Å²) >= 11 is 0. The zero-order valence-corrected chi connectivity index (χ0v) is 26.1. The van der Waals surface area contributed by atoms with Crippen molar-refractivity contribution in [2.75, 3.05) is 33.3 Å². The Morgan fingerprint density at radius 3 is 2.26 bits per heavy atom. The van der Waals surface area contributed by atoms with Crippen LogP contribution in [0.25, 0.3) is 0 Å². The minimum atomic E-state index is -1.00. The number of aromatic nitrogens is 2. The Morgan fingerprint density at radius 2 is 1.65 bits per heavy atom. The maximum atomic E-state index is 13.4. The fraction of sp³-hybridized carbons (Fsp3) is 0.600. The monoisotopic (exact) mass is 603 g/mol. The Hall–Kier alpha value is -4.00. The largest absolute Gasteiger partial charge is 0.509 e. The molecule has 1 aromatic heterocycles. The van der Waals surface area contributed by atoms with Crippen LogP contribution in [0.3, 0.4) is 0 Å². The third-order valence-corrected chi connectivity index (χ3v) is 6.31. The zero-order chi connectivity index (χ0) is 31.6. The molecular formula is C30H45N5O8. The van der Waals surface area contributed by atoms with E-state index in [1.807, 2.05) is 22.9 Å². The van der Waals surface area contributed by atoms with E-state index < -0.39 is 47.8 Å². The van der Waals surface area contributed by atoms with Gasteiger partial charge in [-0.1, -0.05) is 12.1 Å². The van der Waals surface area contributed by atoms with Crippen molar-refractivity contribution in [3.8, 4) is 5.75 Å². The first kappa shape index (κ1) is 33.5. The number of nitrogens with one attached hydrogen (secondary N) is 2. The van der Waals surface area contributed by atoms with E-state index in [1.54, 1.807) is 73.3 Å². The van der Waals surface area contributed by atoms with Gasteiger partial charge in [0.15, 0.2) is 12.2 Å². The molecule has 1 saturated heterocycles. The van der Waals surface area contributed by atoms with Crippen LogP contribution in [0.2, 0.25) is 0 Å². The Bertz CT molecular complexity index is 1170. The third kappa shape index (κ3) is 11.3. The molecule has 1 aromatic carbocycles. The number of carbonyl (C=O) groups excluding carboxylic acids is 3. The van der Waals surface area contributed by atoms with E-state index in [4.69, 9.17) is 23.7 Å². The standard InChI is InChI=1S/C30H45N5O8/c1-29(2,3)42-27(37)35-19-24(40-28(38)43-30(4,5)6)25(23(35)18-21-8-10-22(39-7)11-9-21)41-26(36)33-13-12-31-14-16-34-17-15-32-20-34/h8-11,15,17,20,23-25,31H,12-14,16,18-19H2,1-7H3,(H,33,36)/t23-,24+,25+/m1/s1. The van der Waals surface area contributed by atoms with Gasteiger partial charge < -0.3 is 38.9 Å². The molecule has 1 fully saturated rings. The number of alkyl carbamates (subject to hydrolysis) is 1. The molecule has 0 saturated carbocycles. The minimum absolute atomic E-state index is 0.0528.